The van der Waals surface area contributed by atoms with Gasteiger partial charge in [-0.2, -0.15) is 0 Å². The van der Waals surface area contributed by atoms with Gasteiger partial charge in [0.2, 0.25) is 0 Å². The molecule has 0 fully saturated rings. The number of aliphatic hydroxyl groups is 1. The zero-order valence-electron chi connectivity index (χ0n) is 9.57. The Morgan fingerprint density at radius 1 is 1.27 bits per heavy atom. The maximum atomic E-state index is 8.88. The first-order chi connectivity index (χ1) is 7.26. The number of ether oxygens (including phenoxy) is 1. The van der Waals surface area contributed by atoms with Crippen LogP contribution in [0.15, 0.2) is 24.3 Å². The molecule has 0 saturated carbocycles. The van der Waals surface area contributed by atoms with Crippen LogP contribution in [0, 0.1) is 5.92 Å². The molecule has 0 aliphatic heterocycles. The van der Waals surface area contributed by atoms with Gasteiger partial charge in [0.05, 0.1) is 7.11 Å². The first-order valence-corrected chi connectivity index (χ1v) is 5.50. The highest BCUT2D eigenvalue weighted by molar-refractivity contribution is 5.27. The van der Waals surface area contributed by atoms with Crippen LogP contribution in [0.5, 0.6) is 5.75 Å². The lowest BCUT2D eigenvalue weighted by atomic mass is 10.0. The Labute approximate surface area is 91.9 Å². The predicted octanol–water partition coefficient (Wildman–Crippen LogP) is 2.65. The van der Waals surface area contributed by atoms with Crippen molar-refractivity contribution in [1.82, 2.24) is 0 Å². The minimum atomic E-state index is 0.294. The van der Waals surface area contributed by atoms with Crippen LogP contribution in [0.4, 0.5) is 0 Å². The fourth-order valence-corrected chi connectivity index (χ4v) is 1.54. The normalized spacial score (nSPS) is 12.5. The van der Waals surface area contributed by atoms with E-state index in [0.29, 0.717) is 12.5 Å². The lowest BCUT2D eigenvalue weighted by molar-refractivity contribution is 0.228. The third kappa shape index (κ3) is 4.34. The lowest BCUT2D eigenvalue weighted by Crippen LogP contribution is -2.00. The number of hydrogen-bond acceptors (Lipinski definition) is 2. The molecule has 2 nitrogen and oxygen atoms in total. The average Bonchev–Trinajstić information content (AvgIpc) is 2.29. The van der Waals surface area contributed by atoms with Crippen LogP contribution in [0.2, 0.25) is 0 Å². The number of methoxy groups -OCH3 is 1. The van der Waals surface area contributed by atoms with E-state index >= 15 is 0 Å². The molecule has 0 heterocycles. The van der Waals surface area contributed by atoms with Crippen molar-refractivity contribution < 1.29 is 9.84 Å². The van der Waals surface area contributed by atoms with E-state index in [1.165, 1.54) is 5.56 Å². The van der Waals surface area contributed by atoms with Crippen LogP contribution in [-0.4, -0.2) is 18.8 Å². The molecule has 0 radical (unpaired) electrons. The highest BCUT2D eigenvalue weighted by Crippen LogP contribution is 2.14. The molecular formula is C13H20O2. The summed E-state index contributed by atoms with van der Waals surface area (Å²) < 4.78 is 5.10. The van der Waals surface area contributed by atoms with Crippen LogP contribution in [0.3, 0.4) is 0 Å². The second kappa shape index (κ2) is 6.46. The summed E-state index contributed by atoms with van der Waals surface area (Å²) in [6.45, 7) is 2.37. The topological polar surface area (TPSA) is 29.5 Å². The highest BCUT2D eigenvalue weighted by Gasteiger charge is 2.00. The van der Waals surface area contributed by atoms with E-state index in [0.717, 1.165) is 25.0 Å². The predicted molar refractivity (Wildman–Crippen MR) is 62.2 cm³/mol. The molecule has 1 atom stereocenters. The molecule has 0 bridgehead atoms. The second-order valence-corrected chi connectivity index (χ2v) is 4.03. The SMILES string of the molecule is COc1ccc(CCC[C@H](C)CO)cc1. The Morgan fingerprint density at radius 2 is 1.93 bits per heavy atom. The number of benzene rings is 1. The summed E-state index contributed by atoms with van der Waals surface area (Å²) in [4.78, 5) is 0. The van der Waals surface area contributed by atoms with Gasteiger partial charge in [-0.3, -0.25) is 0 Å². The summed E-state index contributed by atoms with van der Waals surface area (Å²) >= 11 is 0. The van der Waals surface area contributed by atoms with Crippen molar-refractivity contribution in [2.75, 3.05) is 13.7 Å². The van der Waals surface area contributed by atoms with Gasteiger partial charge in [-0.05, 0) is 42.9 Å². The molecule has 0 aromatic heterocycles. The molecule has 0 amide bonds. The van der Waals surface area contributed by atoms with Crippen molar-refractivity contribution in [3.8, 4) is 5.75 Å². The summed E-state index contributed by atoms with van der Waals surface area (Å²) in [6.07, 6.45) is 3.30. The molecule has 0 spiro atoms. The molecule has 15 heavy (non-hydrogen) atoms. The van der Waals surface area contributed by atoms with Gasteiger partial charge in [0.15, 0.2) is 0 Å². The van der Waals surface area contributed by atoms with Crippen LogP contribution in [0.1, 0.15) is 25.3 Å². The minimum absolute atomic E-state index is 0.294. The molecule has 0 aliphatic carbocycles. The molecule has 1 aromatic carbocycles. The van der Waals surface area contributed by atoms with Crippen molar-refractivity contribution in [2.45, 2.75) is 26.2 Å². The van der Waals surface area contributed by atoms with E-state index in [2.05, 4.69) is 19.1 Å². The van der Waals surface area contributed by atoms with Crippen molar-refractivity contribution in [3.63, 3.8) is 0 Å². The van der Waals surface area contributed by atoms with Crippen molar-refractivity contribution in [1.29, 1.82) is 0 Å². The van der Waals surface area contributed by atoms with Crippen molar-refractivity contribution in [2.24, 2.45) is 5.92 Å². The first kappa shape index (κ1) is 12.1. The van der Waals surface area contributed by atoms with E-state index in [4.69, 9.17) is 9.84 Å². The Bertz CT molecular complexity index is 266. The molecular weight excluding hydrogens is 188 g/mol. The Kier molecular flexibility index (Phi) is 5.19. The van der Waals surface area contributed by atoms with Gasteiger partial charge in [-0.25, -0.2) is 0 Å². The minimum Gasteiger partial charge on any atom is -0.497 e. The molecule has 84 valence electrons. The van der Waals surface area contributed by atoms with Gasteiger partial charge in [-0.1, -0.05) is 19.1 Å². The van der Waals surface area contributed by atoms with Crippen LogP contribution in [0.25, 0.3) is 0 Å². The zero-order chi connectivity index (χ0) is 11.1. The van der Waals surface area contributed by atoms with Gasteiger partial charge >= 0.3 is 0 Å². The average molecular weight is 208 g/mol. The molecule has 1 aromatic rings. The van der Waals surface area contributed by atoms with Gasteiger partial charge in [0.1, 0.15) is 5.75 Å². The zero-order valence-corrected chi connectivity index (χ0v) is 9.57. The van der Waals surface area contributed by atoms with Crippen molar-refractivity contribution >= 4 is 0 Å². The Morgan fingerprint density at radius 3 is 2.47 bits per heavy atom. The second-order valence-electron chi connectivity index (χ2n) is 4.03. The molecule has 2 heteroatoms. The van der Waals surface area contributed by atoms with E-state index in [1.807, 2.05) is 12.1 Å². The largest absolute Gasteiger partial charge is 0.497 e. The van der Waals surface area contributed by atoms with E-state index in [1.54, 1.807) is 7.11 Å². The number of hydrogen-bond donors (Lipinski definition) is 1. The summed E-state index contributed by atoms with van der Waals surface area (Å²) in [5.74, 6) is 1.32. The fourth-order valence-electron chi connectivity index (χ4n) is 1.54. The number of rotatable bonds is 6. The maximum Gasteiger partial charge on any atom is 0.118 e. The lowest BCUT2D eigenvalue weighted by Gasteiger charge is -2.07. The summed E-state index contributed by atoms with van der Waals surface area (Å²) in [7, 11) is 1.68. The molecule has 0 saturated heterocycles. The molecule has 1 N–H and O–H groups in total. The maximum absolute atomic E-state index is 8.88. The third-order valence-corrected chi connectivity index (χ3v) is 2.63. The van der Waals surface area contributed by atoms with Crippen molar-refractivity contribution in [3.05, 3.63) is 29.8 Å². The van der Waals surface area contributed by atoms with Crippen LogP contribution >= 0.6 is 0 Å². The van der Waals surface area contributed by atoms with Gasteiger partial charge in [0, 0.05) is 6.61 Å². The van der Waals surface area contributed by atoms with Gasteiger partial charge in [0.25, 0.3) is 0 Å². The number of aryl methyl sites for hydroxylation is 1. The molecule has 0 unspecified atom stereocenters. The van der Waals surface area contributed by atoms with E-state index in [9.17, 15) is 0 Å². The monoisotopic (exact) mass is 208 g/mol. The van der Waals surface area contributed by atoms with E-state index < -0.39 is 0 Å². The first-order valence-electron chi connectivity index (χ1n) is 5.50. The summed E-state index contributed by atoms with van der Waals surface area (Å²) in [6, 6.07) is 8.18. The fraction of sp³-hybridized carbons (Fsp3) is 0.538. The number of aliphatic hydroxyl groups excluding tert-OH is 1. The van der Waals surface area contributed by atoms with Gasteiger partial charge in [-0.15, -0.1) is 0 Å². The Balaban J connectivity index is 2.31. The molecule has 1 rings (SSSR count). The Hall–Kier alpha value is -1.02. The van der Waals surface area contributed by atoms with Gasteiger partial charge < -0.3 is 9.84 Å². The summed E-state index contributed by atoms with van der Waals surface area (Å²) in [5, 5.41) is 8.88. The third-order valence-electron chi connectivity index (χ3n) is 2.63. The molecule has 0 aliphatic rings. The van der Waals surface area contributed by atoms with Crippen LogP contribution in [-0.2, 0) is 6.42 Å². The quantitative estimate of drug-likeness (QED) is 0.778. The highest BCUT2D eigenvalue weighted by atomic mass is 16.5. The van der Waals surface area contributed by atoms with Crippen LogP contribution < -0.4 is 4.74 Å². The van der Waals surface area contributed by atoms with E-state index in [-0.39, 0.29) is 0 Å². The standard InChI is InChI=1S/C13H20O2/c1-11(10-14)4-3-5-12-6-8-13(15-2)9-7-12/h6-9,11,14H,3-5,10H2,1-2H3/t11-/m0/s1. The smallest absolute Gasteiger partial charge is 0.118 e. The summed E-state index contributed by atoms with van der Waals surface area (Å²) in [5.41, 5.74) is 1.33.